The molecule has 3 heterocycles. The van der Waals surface area contributed by atoms with Gasteiger partial charge in [-0.05, 0) is 86.5 Å². The highest BCUT2D eigenvalue weighted by molar-refractivity contribution is 7.26. The smallest absolute Gasteiger partial charge is 0.179 e. The predicted molar refractivity (Wildman–Crippen MR) is 277 cm³/mol. The summed E-state index contributed by atoms with van der Waals surface area (Å²) in [6.45, 7) is 0. The lowest BCUT2D eigenvalue weighted by atomic mass is 9.95. The first-order valence-corrected chi connectivity index (χ1v) is 24.8. The van der Waals surface area contributed by atoms with E-state index in [-0.39, 0.29) is 0 Å². The molecular weight excluding hydrogens is 809 g/mol. The van der Waals surface area contributed by atoms with Crippen LogP contribution >= 0.6 is 11.3 Å². The van der Waals surface area contributed by atoms with Crippen molar-refractivity contribution in [3.8, 4) is 22.5 Å². The Morgan fingerprint density at radius 1 is 0.281 bits per heavy atom. The number of para-hydroxylation sites is 2. The summed E-state index contributed by atoms with van der Waals surface area (Å²) in [5, 5.41) is 13.1. The molecule has 0 saturated heterocycles. The lowest BCUT2D eigenvalue weighted by Crippen LogP contribution is -2.74. The van der Waals surface area contributed by atoms with Crippen molar-refractivity contribution in [3.05, 3.63) is 243 Å². The zero-order valence-corrected chi connectivity index (χ0v) is 36.7. The number of hydrogen-bond acceptors (Lipinski definition) is 1. The number of rotatable bonds is 7. The molecule has 0 aliphatic carbocycles. The number of benzene rings is 10. The number of aromatic nitrogens is 2. The molecule has 2 nitrogen and oxygen atoms in total. The van der Waals surface area contributed by atoms with Gasteiger partial charge in [0.1, 0.15) is 0 Å². The van der Waals surface area contributed by atoms with Crippen molar-refractivity contribution in [1.29, 1.82) is 0 Å². The Kier molecular flexibility index (Phi) is 8.45. The highest BCUT2D eigenvalue weighted by atomic mass is 32.1. The van der Waals surface area contributed by atoms with Gasteiger partial charge < -0.3 is 9.13 Å². The third-order valence-corrected chi connectivity index (χ3v) is 19.4. The molecule has 0 aliphatic heterocycles. The lowest BCUT2D eigenvalue weighted by Gasteiger charge is -2.34. The molecule has 3 aromatic heterocycles. The minimum atomic E-state index is -2.68. The topological polar surface area (TPSA) is 9.86 Å². The zero-order valence-electron chi connectivity index (χ0n) is 34.9. The van der Waals surface area contributed by atoms with Crippen LogP contribution in [0.4, 0.5) is 0 Å². The monoisotopic (exact) mass is 848 g/mol. The van der Waals surface area contributed by atoms with Crippen molar-refractivity contribution in [3.63, 3.8) is 0 Å². The number of nitrogens with zero attached hydrogens (tertiary/aromatic N) is 2. The highest BCUT2D eigenvalue weighted by Crippen LogP contribution is 2.46. The SMILES string of the molecule is c1ccc([Si](c2ccccc2)(c2ccccc2)c2ccc(-n3c4ccccc4c4c(-n5c6ccccc6c6c(-c7cccc8sc9ccccc9c78)cccc65)cccc43)cc2)cc1. The van der Waals surface area contributed by atoms with Crippen LogP contribution < -0.4 is 20.7 Å². The molecule has 0 spiro atoms. The molecule has 13 aromatic rings. The largest absolute Gasteiger partial charge is 0.309 e. The Balaban J connectivity index is 1.04. The van der Waals surface area contributed by atoms with Crippen molar-refractivity contribution < 1.29 is 0 Å². The molecule has 0 N–H and O–H groups in total. The van der Waals surface area contributed by atoms with E-state index in [1.54, 1.807) is 0 Å². The van der Waals surface area contributed by atoms with Crippen molar-refractivity contribution in [2.45, 2.75) is 0 Å². The van der Waals surface area contributed by atoms with Gasteiger partial charge in [-0.15, -0.1) is 11.3 Å². The molecular formula is C60H40N2SSi. The normalized spacial score (nSPS) is 12.1. The summed E-state index contributed by atoms with van der Waals surface area (Å²) in [6.07, 6.45) is 0. The van der Waals surface area contributed by atoms with E-state index >= 15 is 0 Å². The third kappa shape index (κ3) is 5.37. The summed E-state index contributed by atoms with van der Waals surface area (Å²) in [7, 11) is -2.68. The molecule has 0 aliphatic rings. The maximum absolute atomic E-state index is 2.68. The van der Waals surface area contributed by atoms with Crippen LogP contribution in [-0.4, -0.2) is 17.2 Å². The molecule has 64 heavy (non-hydrogen) atoms. The average Bonchev–Trinajstić information content (AvgIpc) is 4.04. The lowest BCUT2D eigenvalue weighted by molar-refractivity contribution is 1.17. The first-order chi connectivity index (χ1) is 31.8. The Bertz CT molecular complexity index is 3790. The van der Waals surface area contributed by atoms with Crippen LogP contribution in [0, 0.1) is 0 Å². The van der Waals surface area contributed by atoms with Gasteiger partial charge in [-0.25, -0.2) is 0 Å². The summed E-state index contributed by atoms with van der Waals surface area (Å²) >= 11 is 1.88. The Hall–Kier alpha value is -7.76. The first kappa shape index (κ1) is 36.9. The van der Waals surface area contributed by atoms with Crippen molar-refractivity contribution in [2.75, 3.05) is 0 Å². The highest BCUT2D eigenvalue weighted by Gasteiger charge is 2.41. The maximum atomic E-state index is 2.52. The molecule has 4 heteroatoms. The van der Waals surface area contributed by atoms with Gasteiger partial charge in [0.2, 0.25) is 0 Å². The Morgan fingerprint density at radius 2 is 0.719 bits per heavy atom. The molecule has 10 aromatic carbocycles. The minimum Gasteiger partial charge on any atom is -0.309 e. The minimum absolute atomic E-state index is 1.14. The molecule has 0 atom stereocenters. The second kappa shape index (κ2) is 14.7. The van der Waals surface area contributed by atoms with E-state index < -0.39 is 8.07 Å². The van der Waals surface area contributed by atoms with Gasteiger partial charge in [0, 0.05) is 47.4 Å². The Morgan fingerprint density at radius 3 is 1.36 bits per heavy atom. The van der Waals surface area contributed by atoms with E-state index in [0.717, 1.165) is 5.69 Å². The third-order valence-electron chi connectivity index (χ3n) is 13.5. The van der Waals surface area contributed by atoms with Crippen LogP contribution in [0.1, 0.15) is 0 Å². The van der Waals surface area contributed by atoms with Crippen molar-refractivity contribution in [1.82, 2.24) is 9.13 Å². The second-order valence-corrected chi connectivity index (χ2v) is 21.6. The fourth-order valence-electron chi connectivity index (χ4n) is 10.9. The van der Waals surface area contributed by atoms with Crippen LogP contribution in [-0.2, 0) is 0 Å². The van der Waals surface area contributed by atoms with E-state index in [1.807, 2.05) is 11.3 Å². The molecule has 0 unspecified atom stereocenters. The van der Waals surface area contributed by atoms with Gasteiger partial charge >= 0.3 is 0 Å². The second-order valence-electron chi connectivity index (χ2n) is 16.7. The maximum Gasteiger partial charge on any atom is 0.179 e. The number of hydrogen-bond donors (Lipinski definition) is 0. The summed E-state index contributed by atoms with van der Waals surface area (Å²) in [4.78, 5) is 0. The summed E-state index contributed by atoms with van der Waals surface area (Å²) in [5.74, 6) is 0. The van der Waals surface area contributed by atoms with Gasteiger partial charge in [-0.1, -0.05) is 188 Å². The molecule has 13 rings (SSSR count). The van der Waals surface area contributed by atoms with Crippen LogP contribution in [0.3, 0.4) is 0 Å². The number of fused-ring (bicyclic) bond motifs is 9. The van der Waals surface area contributed by atoms with E-state index in [9.17, 15) is 0 Å². The quantitative estimate of drug-likeness (QED) is 0.112. The molecule has 0 amide bonds. The first-order valence-electron chi connectivity index (χ1n) is 22.0. The van der Waals surface area contributed by atoms with E-state index in [0.29, 0.717) is 0 Å². The predicted octanol–water partition coefficient (Wildman–Crippen LogP) is 13.3. The van der Waals surface area contributed by atoms with Gasteiger partial charge in [0.25, 0.3) is 0 Å². The van der Waals surface area contributed by atoms with Crippen LogP contribution in [0.2, 0.25) is 0 Å². The standard InChI is InChI=1S/C60H40N2SSi/c1-4-19-42(20-5-1)64(43-21-6-2-7-22-43,44-23-8-3-9-24-44)45-39-37-41(38-40-45)61-51-30-13-11-26-49(51)60-54(61)33-18-34-55(60)62-52-31-14-10-25-48(52)58-46(28-16-32-53(58)62)47-29-17-36-57-59(47)50-27-12-15-35-56(50)63-57/h1-40H. The van der Waals surface area contributed by atoms with Gasteiger partial charge in [-0.3, -0.25) is 0 Å². The van der Waals surface area contributed by atoms with Crippen LogP contribution in [0.15, 0.2) is 243 Å². The molecule has 0 bridgehead atoms. The summed E-state index contributed by atoms with van der Waals surface area (Å²) < 4.78 is 7.62. The molecule has 0 fully saturated rings. The van der Waals surface area contributed by atoms with Gasteiger partial charge in [-0.2, -0.15) is 0 Å². The number of thiophene rings is 1. The summed E-state index contributed by atoms with van der Waals surface area (Å²) in [5.41, 5.74) is 9.63. The molecule has 0 saturated carbocycles. The van der Waals surface area contributed by atoms with Gasteiger partial charge in [0.15, 0.2) is 8.07 Å². The summed E-state index contributed by atoms with van der Waals surface area (Å²) in [6, 6.07) is 90.3. The van der Waals surface area contributed by atoms with E-state index in [2.05, 4.69) is 252 Å². The van der Waals surface area contributed by atoms with Gasteiger partial charge in [0.05, 0.1) is 27.8 Å². The fourth-order valence-corrected chi connectivity index (χ4v) is 16.8. The van der Waals surface area contributed by atoms with Crippen molar-refractivity contribution in [2.24, 2.45) is 0 Å². The van der Waals surface area contributed by atoms with E-state index in [1.165, 1.54) is 101 Å². The van der Waals surface area contributed by atoms with Crippen LogP contribution in [0.25, 0.3) is 86.3 Å². The average molecular weight is 849 g/mol. The fraction of sp³-hybridized carbons (Fsp3) is 0. The molecule has 0 radical (unpaired) electrons. The van der Waals surface area contributed by atoms with Crippen LogP contribution in [0.5, 0.6) is 0 Å². The zero-order chi connectivity index (χ0) is 42.2. The Labute approximate surface area is 376 Å². The molecule has 300 valence electrons. The van der Waals surface area contributed by atoms with E-state index in [4.69, 9.17) is 0 Å². The van der Waals surface area contributed by atoms with Crippen molar-refractivity contribution >= 4 is 104 Å².